The van der Waals surface area contributed by atoms with E-state index in [0.717, 1.165) is 58.2 Å². The first-order chi connectivity index (χ1) is 8.14. The molecule has 0 aromatic carbocycles. The zero-order chi connectivity index (χ0) is 12.3. The van der Waals surface area contributed by atoms with Crippen molar-refractivity contribution in [2.75, 3.05) is 26.7 Å². The van der Waals surface area contributed by atoms with E-state index in [4.69, 9.17) is 0 Å². The summed E-state index contributed by atoms with van der Waals surface area (Å²) in [5.74, 6) is 0.648. The fourth-order valence-corrected chi connectivity index (χ4v) is 5.12. The van der Waals surface area contributed by atoms with Crippen molar-refractivity contribution in [1.82, 2.24) is 9.62 Å². The SMILES string of the molecule is CNCC1CCN(S(=O)(=O)C2CCCC2)CC1. The molecule has 0 atom stereocenters. The van der Waals surface area contributed by atoms with Crippen LogP contribution in [0.2, 0.25) is 0 Å². The third kappa shape index (κ3) is 3.01. The van der Waals surface area contributed by atoms with Crippen LogP contribution in [0.5, 0.6) is 0 Å². The lowest BCUT2D eigenvalue weighted by atomic mass is 9.98. The molecule has 2 fully saturated rings. The Morgan fingerprint density at radius 2 is 1.71 bits per heavy atom. The van der Waals surface area contributed by atoms with Crippen molar-refractivity contribution in [3.63, 3.8) is 0 Å². The quantitative estimate of drug-likeness (QED) is 0.826. The summed E-state index contributed by atoms with van der Waals surface area (Å²) in [6.07, 6.45) is 5.93. The smallest absolute Gasteiger partial charge is 0.216 e. The Balaban J connectivity index is 1.91. The molecule has 0 spiro atoms. The average molecular weight is 260 g/mol. The molecule has 0 bridgehead atoms. The van der Waals surface area contributed by atoms with E-state index < -0.39 is 10.0 Å². The van der Waals surface area contributed by atoms with Crippen LogP contribution < -0.4 is 5.32 Å². The molecule has 100 valence electrons. The van der Waals surface area contributed by atoms with Gasteiger partial charge >= 0.3 is 0 Å². The van der Waals surface area contributed by atoms with Crippen LogP contribution in [-0.2, 0) is 10.0 Å². The lowest BCUT2D eigenvalue weighted by molar-refractivity contribution is 0.268. The minimum Gasteiger partial charge on any atom is -0.319 e. The molecule has 0 radical (unpaired) electrons. The van der Waals surface area contributed by atoms with E-state index in [2.05, 4.69) is 5.32 Å². The van der Waals surface area contributed by atoms with Crippen LogP contribution in [0, 0.1) is 5.92 Å². The van der Waals surface area contributed by atoms with E-state index >= 15 is 0 Å². The number of hydrogen-bond acceptors (Lipinski definition) is 3. The Kier molecular flexibility index (Phi) is 4.44. The highest BCUT2D eigenvalue weighted by molar-refractivity contribution is 7.89. The zero-order valence-corrected chi connectivity index (χ0v) is 11.5. The molecular weight excluding hydrogens is 236 g/mol. The van der Waals surface area contributed by atoms with E-state index in [1.807, 2.05) is 7.05 Å². The van der Waals surface area contributed by atoms with Gasteiger partial charge in [-0.1, -0.05) is 12.8 Å². The third-order valence-corrected chi connectivity index (χ3v) is 6.55. The van der Waals surface area contributed by atoms with Crippen molar-refractivity contribution in [2.24, 2.45) is 5.92 Å². The molecular formula is C12H24N2O2S. The van der Waals surface area contributed by atoms with E-state index in [9.17, 15) is 8.42 Å². The molecule has 4 nitrogen and oxygen atoms in total. The largest absolute Gasteiger partial charge is 0.319 e. The molecule has 1 saturated carbocycles. The first-order valence-corrected chi connectivity index (χ1v) is 8.28. The molecule has 2 aliphatic rings. The Morgan fingerprint density at radius 3 is 2.24 bits per heavy atom. The van der Waals surface area contributed by atoms with E-state index in [-0.39, 0.29) is 5.25 Å². The van der Waals surface area contributed by atoms with E-state index in [1.165, 1.54) is 0 Å². The number of hydrogen-bond donors (Lipinski definition) is 1. The van der Waals surface area contributed by atoms with E-state index in [1.54, 1.807) is 4.31 Å². The van der Waals surface area contributed by atoms with Crippen molar-refractivity contribution in [1.29, 1.82) is 0 Å². The predicted molar refractivity (Wildman–Crippen MR) is 69.4 cm³/mol. The summed E-state index contributed by atoms with van der Waals surface area (Å²) in [5.41, 5.74) is 0. The van der Waals surface area contributed by atoms with Crippen LogP contribution in [0.15, 0.2) is 0 Å². The average Bonchev–Trinajstić information content (AvgIpc) is 2.84. The van der Waals surface area contributed by atoms with Gasteiger partial charge in [0, 0.05) is 13.1 Å². The van der Waals surface area contributed by atoms with Crippen molar-refractivity contribution >= 4 is 10.0 Å². The summed E-state index contributed by atoms with van der Waals surface area (Å²) in [6, 6.07) is 0. The number of nitrogens with zero attached hydrogens (tertiary/aromatic N) is 1. The number of piperidine rings is 1. The highest BCUT2D eigenvalue weighted by atomic mass is 32.2. The van der Waals surface area contributed by atoms with Gasteiger partial charge in [-0.05, 0) is 45.2 Å². The fourth-order valence-electron chi connectivity index (χ4n) is 3.05. The van der Waals surface area contributed by atoms with Crippen LogP contribution >= 0.6 is 0 Å². The summed E-state index contributed by atoms with van der Waals surface area (Å²) >= 11 is 0. The lowest BCUT2D eigenvalue weighted by Gasteiger charge is -2.32. The lowest BCUT2D eigenvalue weighted by Crippen LogP contribution is -2.44. The Labute approximate surface area is 105 Å². The Morgan fingerprint density at radius 1 is 1.12 bits per heavy atom. The van der Waals surface area contributed by atoms with Gasteiger partial charge in [-0.2, -0.15) is 0 Å². The number of nitrogens with one attached hydrogen (secondary N) is 1. The minimum absolute atomic E-state index is 0.0802. The van der Waals surface area contributed by atoms with Crippen molar-refractivity contribution in [2.45, 2.75) is 43.8 Å². The van der Waals surface area contributed by atoms with Crippen LogP contribution in [0.25, 0.3) is 0 Å². The molecule has 17 heavy (non-hydrogen) atoms. The Bertz CT molecular complexity index is 328. The topological polar surface area (TPSA) is 49.4 Å². The summed E-state index contributed by atoms with van der Waals surface area (Å²) in [4.78, 5) is 0. The summed E-state index contributed by atoms with van der Waals surface area (Å²) in [7, 11) is -1.03. The predicted octanol–water partition coefficient (Wildman–Crippen LogP) is 1.19. The van der Waals surface area contributed by atoms with Crippen molar-refractivity contribution in [3.05, 3.63) is 0 Å². The van der Waals surface area contributed by atoms with E-state index in [0.29, 0.717) is 5.92 Å². The van der Waals surface area contributed by atoms with Gasteiger partial charge in [0.1, 0.15) is 0 Å². The van der Waals surface area contributed by atoms with Gasteiger partial charge in [0.15, 0.2) is 0 Å². The fraction of sp³-hybridized carbons (Fsp3) is 1.00. The molecule has 1 saturated heterocycles. The zero-order valence-electron chi connectivity index (χ0n) is 10.7. The molecule has 1 aliphatic carbocycles. The first kappa shape index (κ1) is 13.3. The molecule has 0 aromatic heterocycles. The highest BCUT2D eigenvalue weighted by Crippen LogP contribution is 2.29. The molecule has 5 heteroatoms. The van der Waals surface area contributed by atoms with Crippen molar-refractivity contribution < 1.29 is 8.42 Å². The number of rotatable bonds is 4. The second-order valence-corrected chi connectivity index (χ2v) is 7.56. The molecule has 1 heterocycles. The van der Waals surface area contributed by atoms with Gasteiger partial charge in [0.25, 0.3) is 0 Å². The molecule has 0 aromatic rings. The maximum Gasteiger partial charge on any atom is 0.216 e. The summed E-state index contributed by atoms with van der Waals surface area (Å²) < 4.78 is 26.5. The molecule has 0 amide bonds. The maximum atomic E-state index is 12.4. The minimum atomic E-state index is -2.99. The van der Waals surface area contributed by atoms with Gasteiger partial charge in [0.05, 0.1) is 5.25 Å². The van der Waals surface area contributed by atoms with Gasteiger partial charge < -0.3 is 5.32 Å². The second-order valence-electron chi connectivity index (χ2n) is 5.35. The maximum absolute atomic E-state index is 12.4. The van der Waals surface area contributed by atoms with Gasteiger partial charge in [0.2, 0.25) is 10.0 Å². The Hall–Kier alpha value is -0.130. The third-order valence-electron chi connectivity index (χ3n) is 4.15. The normalized spacial score (nSPS) is 25.5. The number of sulfonamides is 1. The standard InChI is InChI=1S/C12H24N2O2S/c1-13-10-11-6-8-14(9-7-11)17(15,16)12-4-2-3-5-12/h11-13H,2-10H2,1H3. The van der Waals surface area contributed by atoms with Gasteiger partial charge in [-0.25, -0.2) is 12.7 Å². The molecule has 2 rings (SSSR count). The van der Waals surface area contributed by atoms with Crippen molar-refractivity contribution in [3.8, 4) is 0 Å². The second kappa shape index (κ2) is 5.67. The first-order valence-electron chi connectivity index (χ1n) is 6.78. The highest BCUT2D eigenvalue weighted by Gasteiger charge is 2.35. The summed E-state index contributed by atoms with van der Waals surface area (Å²) in [5, 5.41) is 3.10. The molecule has 1 aliphatic heterocycles. The van der Waals surface area contributed by atoms with Crippen LogP contribution in [-0.4, -0.2) is 44.7 Å². The van der Waals surface area contributed by atoms with Crippen LogP contribution in [0.1, 0.15) is 38.5 Å². The van der Waals surface area contributed by atoms with Gasteiger partial charge in [-0.15, -0.1) is 0 Å². The van der Waals surface area contributed by atoms with Crippen LogP contribution in [0.4, 0.5) is 0 Å². The van der Waals surface area contributed by atoms with Gasteiger partial charge in [-0.3, -0.25) is 0 Å². The van der Waals surface area contributed by atoms with Crippen LogP contribution in [0.3, 0.4) is 0 Å². The monoisotopic (exact) mass is 260 g/mol. The molecule has 1 N–H and O–H groups in total. The molecule has 0 unspecified atom stereocenters. The summed E-state index contributed by atoms with van der Waals surface area (Å²) in [6.45, 7) is 2.47.